The van der Waals surface area contributed by atoms with Gasteiger partial charge in [-0.1, -0.05) is 0 Å². The highest BCUT2D eigenvalue weighted by molar-refractivity contribution is 9.10. The summed E-state index contributed by atoms with van der Waals surface area (Å²) in [5, 5.41) is 3.36. The molecular formula is C15H22BrNO4. The van der Waals surface area contributed by atoms with E-state index in [1.807, 2.05) is 6.07 Å². The monoisotopic (exact) mass is 359 g/mol. The number of ether oxygens (including phenoxy) is 4. The quantitative estimate of drug-likeness (QED) is 0.809. The SMILES string of the molecule is COCC(CNCc1cc(Br)c2c(c1)OCCCO2)OC. The molecule has 0 saturated heterocycles. The maximum atomic E-state index is 5.73. The first kappa shape index (κ1) is 16.5. The zero-order chi connectivity index (χ0) is 15.1. The number of rotatable bonds is 7. The second kappa shape index (κ2) is 8.58. The number of fused-ring (bicyclic) bond motifs is 1. The largest absolute Gasteiger partial charge is 0.490 e. The van der Waals surface area contributed by atoms with E-state index in [0.717, 1.165) is 41.0 Å². The molecule has 118 valence electrons. The van der Waals surface area contributed by atoms with Gasteiger partial charge in [0.2, 0.25) is 0 Å². The van der Waals surface area contributed by atoms with Crippen LogP contribution in [0.1, 0.15) is 12.0 Å². The van der Waals surface area contributed by atoms with Crippen LogP contribution >= 0.6 is 15.9 Å². The highest BCUT2D eigenvalue weighted by Crippen LogP contribution is 2.38. The van der Waals surface area contributed by atoms with Crippen molar-refractivity contribution in [2.45, 2.75) is 19.1 Å². The Hall–Kier alpha value is -0.820. The van der Waals surface area contributed by atoms with Gasteiger partial charge in [0.25, 0.3) is 0 Å². The molecule has 6 heteroatoms. The maximum absolute atomic E-state index is 5.73. The molecule has 1 aliphatic heterocycles. The Kier molecular flexibility index (Phi) is 6.76. The van der Waals surface area contributed by atoms with Gasteiger partial charge in [-0.15, -0.1) is 0 Å². The van der Waals surface area contributed by atoms with Crippen LogP contribution in [0.2, 0.25) is 0 Å². The normalized spacial score (nSPS) is 15.6. The van der Waals surface area contributed by atoms with Crippen molar-refractivity contribution < 1.29 is 18.9 Å². The summed E-state index contributed by atoms with van der Waals surface area (Å²) in [5.41, 5.74) is 1.14. The van der Waals surface area contributed by atoms with Crippen LogP contribution in [0.4, 0.5) is 0 Å². The van der Waals surface area contributed by atoms with E-state index in [1.165, 1.54) is 0 Å². The smallest absolute Gasteiger partial charge is 0.175 e. The van der Waals surface area contributed by atoms with E-state index in [4.69, 9.17) is 18.9 Å². The van der Waals surface area contributed by atoms with Crippen molar-refractivity contribution in [1.82, 2.24) is 5.32 Å². The third-order valence-corrected chi connectivity index (χ3v) is 3.84. The molecular weight excluding hydrogens is 338 g/mol. The van der Waals surface area contributed by atoms with Crippen molar-refractivity contribution in [2.75, 3.05) is 40.6 Å². The Morgan fingerprint density at radius 3 is 2.86 bits per heavy atom. The lowest BCUT2D eigenvalue weighted by atomic mass is 10.2. The zero-order valence-electron chi connectivity index (χ0n) is 12.5. The van der Waals surface area contributed by atoms with Gasteiger partial charge in [-0.05, 0) is 33.6 Å². The summed E-state index contributed by atoms with van der Waals surface area (Å²) in [6.45, 7) is 3.43. The van der Waals surface area contributed by atoms with Crippen molar-refractivity contribution in [1.29, 1.82) is 0 Å². The molecule has 0 bridgehead atoms. The summed E-state index contributed by atoms with van der Waals surface area (Å²) < 4.78 is 22.8. The molecule has 1 heterocycles. The van der Waals surface area contributed by atoms with Crippen molar-refractivity contribution in [3.8, 4) is 11.5 Å². The van der Waals surface area contributed by atoms with Gasteiger partial charge in [0.15, 0.2) is 11.5 Å². The van der Waals surface area contributed by atoms with Gasteiger partial charge < -0.3 is 24.3 Å². The predicted molar refractivity (Wildman–Crippen MR) is 84.1 cm³/mol. The Morgan fingerprint density at radius 2 is 2.10 bits per heavy atom. The van der Waals surface area contributed by atoms with Crippen LogP contribution in [-0.4, -0.2) is 46.7 Å². The molecule has 1 unspecified atom stereocenters. The van der Waals surface area contributed by atoms with Crippen LogP contribution in [0.25, 0.3) is 0 Å². The standard InChI is InChI=1S/C15H22BrNO4/c1-18-10-12(19-2)9-17-8-11-6-13(16)15-14(7-11)20-4-3-5-21-15/h6-7,12,17H,3-5,8-10H2,1-2H3. The highest BCUT2D eigenvalue weighted by atomic mass is 79.9. The Morgan fingerprint density at radius 1 is 1.29 bits per heavy atom. The molecule has 1 aliphatic rings. The third kappa shape index (κ3) is 4.85. The van der Waals surface area contributed by atoms with Gasteiger partial charge in [-0.25, -0.2) is 0 Å². The summed E-state index contributed by atoms with van der Waals surface area (Å²) >= 11 is 3.55. The van der Waals surface area contributed by atoms with E-state index in [1.54, 1.807) is 14.2 Å². The Labute approximate surface area is 134 Å². The first-order valence-corrected chi connectivity index (χ1v) is 7.84. The molecule has 1 aromatic rings. The minimum Gasteiger partial charge on any atom is -0.490 e. The van der Waals surface area contributed by atoms with Crippen LogP contribution in [0.3, 0.4) is 0 Å². The minimum absolute atomic E-state index is 0.0545. The van der Waals surface area contributed by atoms with Crippen molar-refractivity contribution in [3.63, 3.8) is 0 Å². The van der Waals surface area contributed by atoms with Crippen LogP contribution in [0, 0.1) is 0 Å². The highest BCUT2D eigenvalue weighted by Gasteiger charge is 2.15. The first-order chi connectivity index (χ1) is 10.2. The molecule has 1 atom stereocenters. The molecule has 5 nitrogen and oxygen atoms in total. The fourth-order valence-electron chi connectivity index (χ4n) is 2.16. The Bertz CT molecular complexity index is 456. The molecule has 0 aromatic heterocycles. The molecule has 21 heavy (non-hydrogen) atoms. The molecule has 2 rings (SSSR count). The molecule has 0 spiro atoms. The van der Waals surface area contributed by atoms with Gasteiger partial charge in [-0.3, -0.25) is 0 Å². The lowest BCUT2D eigenvalue weighted by Gasteiger charge is -2.16. The lowest BCUT2D eigenvalue weighted by Crippen LogP contribution is -2.31. The van der Waals surface area contributed by atoms with E-state index in [9.17, 15) is 0 Å². The molecule has 0 fully saturated rings. The van der Waals surface area contributed by atoms with Gasteiger partial charge in [0.05, 0.1) is 30.4 Å². The number of hydrogen-bond donors (Lipinski definition) is 1. The number of halogens is 1. The van der Waals surface area contributed by atoms with Crippen LogP contribution in [0.15, 0.2) is 16.6 Å². The zero-order valence-corrected chi connectivity index (χ0v) is 14.1. The molecule has 0 amide bonds. The summed E-state index contributed by atoms with van der Waals surface area (Å²) in [5.74, 6) is 1.60. The second-order valence-electron chi connectivity index (χ2n) is 4.90. The fourth-order valence-corrected chi connectivity index (χ4v) is 2.76. The van der Waals surface area contributed by atoms with E-state index in [2.05, 4.69) is 27.3 Å². The Balaban J connectivity index is 1.95. The average molecular weight is 360 g/mol. The van der Waals surface area contributed by atoms with Crippen molar-refractivity contribution in [2.24, 2.45) is 0 Å². The summed E-state index contributed by atoms with van der Waals surface area (Å²) in [7, 11) is 3.36. The van der Waals surface area contributed by atoms with E-state index in [0.29, 0.717) is 19.8 Å². The number of nitrogens with one attached hydrogen (secondary N) is 1. The summed E-state index contributed by atoms with van der Waals surface area (Å²) in [4.78, 5) is 0. The molecule has 0 radical (unpaired) electrons. The van der Waals surface area contributed by atoms with Gasteiger partial charge >= 0.3 is 0 Å². The fraction of sp³-hybridized carbons (Fsp3) is 0.600. The van der Waals surface area contributed by atoms with Crippen LogP contribution in [0.5, 0.6) is 11.5 Å². The van der Waals surface area contributed by atoms with E-state index >= 15 is 0 Å². The minimum atomic E-state index is 0.0545. The average Bonchev–Trinajstić information content (AvgIpc) is 2.72. The lowest BCUT2D eigenvalue weighted by molar-refractivity contribution is 0.0288. The van der Waals surface area contributed by atoms with Gasteiger partial charge in [0.1, 0.15) is 0 Å². The number of hydrogen-bond acceptors (Lipinski definition) is 5. The van der Waals surface area contributed by atoms with Gasteiger partial charge in [0, 0.05) is 33.7 Å². The predicted octanol–water partition coefficient (Wildman–Crippen LogP) is 2.36. The molecule has 0 aliphatic carbocycles. The molecule has 0 saturated carbocycles. The first-order valence-electron chi connectivity index (χ1n) is 7.05. The van der Waals surface area contributed by atoms with E-state index < -0.39 is 0 Å². The molecule has 1 N–H and O–H groups in total. The summed E-state index contributed by atoms with van der Waals surface area (Å²) in [6.07, 6.45) is 0.958. The number of benzene rings is 1. The van der Waals surface area contributed by atoms with E-state index in [-0.39, 0.29) is 6.10 Å². The van der Waals surface area contributed by atoms with Crippen molar-refractivity contribution >= 4 is 15.9 Å². The molecule has 1 aromatic carbocycles. The maximum Gasteiger partial charge on any atom is 0.175 e. The van der Waals surface area contributed by atoms with Crippen LogP contribution < -0.4 is 14.8 Å². The van der Waals surface area contributed by atoms with Gasteiger partial charge in [-0.2, -0.15) is 0 Å². The third-order valence-electron chi connectivity index (χ3n) is 3.25. The number of methoxy groups -OCH3 is 2. The topological polar surface area (TPSA) is 49.0 Å². The van der Waals surface area contributed by atoms with Crippen LogP contribution in [-0.2, 0) is 16.0 Å². The second-order valence-corrected chi connectivity index (χ2v) is 5.75. The summed E-state index contributed by atoms with van der Waals surface area (Å²) in [6, 6.07) is 4.08. The van der Waals surface area contributed by atoms with Crippen molar-refractivity contribution in [3.05, 3.63) is 22.2 Å².